The van der Waals surface area contributed by atoms with Gasteiger partial charge >= 0.3 is 0 Å². The maximum atomic E-state index is 13.1. The van der Waals surface area contributed by atoms with Crippen LogP contribution in [0.3, 0.4) is 0 Å². The van der Waals surface area contributed by atoms with Crippen LogP contribution in [0.25, 0.3) is 0 Å². The van der Waals surface area contributed by atoms with Gasteiger partial charge < -0.3 is 4.90 Å². The molecule has 1 atom stereocenters. The molecule has 0 saturated carbocycles. The zero-order valence-electron chi connectivity index (χ0n) is 12.6. The molecule has 0 aromatic heterocycles. The summed E-state index contributed by atoms with van der Waals surface area (Å²) in [6, 6.07) is 8.47. The molecule has 0 N–H and O–H groups in total. The number of nitriles is 1. The van der Waals surface area contributed by atoms with Gasteiger partial charge in [-0.05, 0) is 36.5 Å². The highest BCUT2D eigenvalue weighted by Crippen LogP contribution is 2.29. The third-order valence-corrected chi connectivity index (χ3v) is 4.15. The molecule has 1 unspecified atom stereocenters. The Morgan fingerprint density at radius 2 is 1.86 bits per heavy atom. The summed E-state index contributed by atoms with van der Waals surface area (Å²) in [5.74, 6) is -0.227. The second kappa shape index (κ2) is 6.71. The summed E-state index contributed by atoms with van der Waals surface area (Å²) < 4.78 is 13.1. The molecule has 1 heterocycles. The van der Waals surface area contributed by atoms with Crippen LogP contribution in [0.15, 0.2) is 24.3 Å². The summed E-state index contributed by atoms with van der Waals surface area (Å²) in [7, 11) is 0. The van der Waals surface area contributed by atoms with Crippen molar-refractivity contribution in [3.8, 4) is 6.07 Å². The molecule has 2 rings (SSSR count). The van der Waals surface area contributed by atoms with Gasteiger partial charge in [0.05, 0.1) is 12.0 Å². The molecule has 1 amide bonds. The largest absolute Gasteiger partial charge is 0.342 e. The molecular weight excluding hydrogens is 267 g/mol. The van der Waals surface area contributed by atoms with Crippen LogP contribution in [0.4, 0.5) is 4.39 Å². The molecule has 1 saturated heterocycles. The molecular formula is C17H21FN2O. The van der Waals surface area contributed by atoms with E-state index in [0.29, 0.717) is 13.1 Å². The van der Waals surface area contributed by atoms with Crippen molar-refractivity contribution in [1.82, 2.24) is 4.90 Å². The van der Waals surface area contributed by atoms with Crippen molar-refractivity contribution < 1.29 is 9.18 Å². The van der Waals surface area contributed by atoms with Crippen LogP contribution < -0.4 is 0 Å². The van der Waals surface area contributed by atoms with E-state index >= 15 is 0 Å². The average molecular weight is 288 g/mol. The number of amides is 1. The first kappa shape index (κ1) is 15.5. The first-order valence-corrected chi connectivity index (χ1v) is 7.46. The summed E-state index contributed by atoms with van der Waals surface area (Å²) in [5.41, 5.74) is 0.860. The maximum Gasteiger partial charge on any atom is 0.230 e. The lowest BCUT2D eigenvalue weighted by Gasteiger charge is -2.33. The van der Waals surface area contributed by atoms with E-state index in [1.165, 1.54) is 12.1 Å². The maximum absolute atomic E-state index is 13.1. The topological polar surface area (TPSA) is 44.1 Å². The summed E-state index contributed by atoms with van der Waals surface area (Å²) in [5, 5.41) is 8.93. The lowest BCUT2D eigenvalue weighted by Crippen LogP contribution is -2.42. The Bertz CT molecular complexity index is 525. The molecule has 0 spiro atoms. The van der Waals surface area contributed by atoms with Gasteiger partial charge in [-0.25, -0.2) is 4.39 Å². The van der Waals surface area contributed by atoms with E-state index in [-0.39, 0.29) is 29.5 Å². The van der Waals surface area contributed by atoms with Crippen molar-refractivity contribution in [3.63, 3.8) is 0 Å². The van der Waals surface area contributed by atoms with E-state index in [2.05, 4.69) is 6.07 Å². The minimum atomic E-state index is -0.288. The Kier molecular flexibility index (Phi) is 4.95. The predicted octanol–water partition coefficient (Wildman–Crippen LogP) is 3.33. The number of rotatable bonds is 3. The number of hydrogen-bond acceptors (Lipinski definition) is 2. The van der Waals surface area contributed by atoms with Gasteiger partial charge in [-0.2, -0.15) is 5.26 Å². The van der Waals surface area contributed by atoms with Crippen molar-refractivity contribution in [2.45, 2.75) is 32.6 Å². The second-order valence-electron chi connectivity index (χ2n) is 6.00. The van der Waals surface area contributed by atoms with E-state index < -0.39 is 0 Å². The fraction of sp³-hybridized carbons (Fsp3) is 0.529. The van der Waals surface area contributed by atoms with Crippen molar-refractivity contribution in [2.24, 2.45) is 11.8 Å². The molecule has 1 fully saturated rings. The quantitative estimate of drug-likeness (QED) is 0.856. The Labute approximate surface area is 125 Å². The smallest absolute Gasteiger partial charge is 0.230 e. The highest BCUT2D eigenvalue weighted by molar-refractivity contribution is 5.84. The number of halogens is 1. The Morgan fingerprint density at radius 3 is 2.33 bits per heavy atom. The SMILES string of the molecule is CC(C)C(C(=O)N1CCC(C#N)CC1)c1ccc(F)cc1. The molecule has 3 nitrogen and oxygen atoms in total. The van der Waals surface area contributed by atoms with Crippen molar-refractivity contribution in [3.05, 3.63) is 35.6 Å². The number of piperidine rings is 1. The van der Waals surface area contributed by atoms with Gasteiger partial charge in [-0.15, -0.1) is 0 Å². The number of hydrogen-bond donors (Lipinski definition) is 0. The lowest BCUT2D eigenvalue weighted by molar-refractivity contribution is -0.135. The lowest BCUT2D eigenvalue weighted by atomic mass is 9.86. The van der Waals surface area contributed by atoms with Crippen LogP contribution in [0.1, 0.15) is 38.2 Å². The van der Waals surface area contributed by atoms with Crippen LogP contribution in [-0.2, 0) is 4.79 Å². The van der Waals surface area contributed by atoms with Crippen LogP contribution >= 0.6 is 0 Å². The standard InChI is InChI=1S/C17H21FN2O/c1-12(2)16(14-3-5-15(18)6-4-14)17(21)20-9-7-13(11-19)8-10-20/h3-6,12-13,16H,7-10H2,1-2H3. The molecule has 4 heteroatoms. The highest BCUT2D eigenvalue weighted by Gasteiger charge is 2.31. The summed E-state index contributed by atoms with van der Waals surface area (Å²) in [6.07, 6.45) is 1.49. The monoisotopic (exact) mass is 288 g/mol. The summed E-state index contributed by atoms with van der Waals surface area (Å²) in [4.78, 5) is 14.6. The third kappa shape index (κ3) is 3.60. The molecule has 112 valence electrons. The number of benzene rings is 1. The molecule has 21 heavy (non-hydrogen) atoms. The van der Waals surface area contributed by atoms with Crippen LogP contribution in [0.2, 0.25) is 0 Å². The van der Waals surface area contributed by atoms with Gasteiger partial charge in [-0.1, -0.05) is 26.0 Å². The van der Waals surface area contributed by atoms with E-state index in [4.69, 9.17) is 5.26 Å². The van der Waals surface area contributed by atoms with Gasteiger partial charge in [0.2, 0.25) is 5.91 Å². The van der Waals surface area contributed by atoms with Crippen molar-refractivity contribution >= 4 is 5.91 Å². The van der Waals surface area contributed by atoms with E-state index in [1.807, 2.05) is 18.7 Å². The van der Waals surface area contributed by atoms with E-state index in [0.717, 1.165) is 18.4 Å². The van der Waals surface area contributed by atoms with E-state index in [9.17, 15) is 9.18 Å². The first-order chi connectivity index (χ1) is 10.0. The predicted molar refractivity (Wildman–Crippen MR) is 78.9 cm³/mol. The fourth-order valence-electron chi connectivity index (χ4n) is 2.91. The third-order valence-electron chi connectivity index (χ3n) is 4.15. The minimum absolute atomic E-state index is 0.0670. The van der Waals surface area contributed by atoms with Gasteiger partial charge in [0.15, 0.2) is 0 Å². The van der Waals surface area contributed by atoms with E-state index in [1.54, 1.807) is 12.1 Å². The van der Waals surface area contributed by atoms with Crippen LogP contribution in [0, 0.1) is 29.0 Å². The zero-order valence-corrected chi connectivity index (χ0v) is 12.6. The molecule has 1 aromatic carbocycles. The Morgan fingerprint density at radius 1 is 1.29 bits per heavy atom. The number of likely N-dealkylation sites (tertiary alicyclic amines) is 1. The molecule has 1 aromatic rings. The zero-order chi connectivity index (χ0) is 15.4. The summed E-state index contributed by atoms with van der Waals surface area (Å²) in [6.45, 7) is 5.30. The molecule has 1 aliphatic heterocycles. The molecule has 0 aliphatic carbocycles. The Balaban J connectivity index is 2.13. The Hall–Kier alpha value is -1.89. The second-order valence-corrected chi connectivity index (χ2v) is 6.00. The summed E-state index contributed by atoms with van der Waals surface area (Å²) >= 11 is 0. The fourth-order valence-corrected chi connectivity index (χ4v) is 2.91. The molecule has 0 radical (unpaired) electrons. The van der Waals surface area contributed by atoms with Gasteiger partial charge in [-0.3, -0.25) is 4.79 Å². The first-order valence-electron chi connectivity index (χ1n) is 7.46. The number of carbonyl (C=O) groups excluding carboxylic acids is 1. The van der Waals surface area contributed by atoms with Gasteiger partial charge in [0.1, 0.15) is 5.82 Å². The molecule has 1 aliphatic rings. The van der Waals surface area contributed by atoms with Crippen molar-refractivity contribution in [1.29, 1.82) is 5.26 Å². The highest BCUT2D eigenvalue weighted by atomic mass is 19.1. The minimum Gasteiger partial charge on any atom is -0.342 e. The number of carbonyl (C=O) groups is 1. The number of nitrogens with zero attached hydrogens (tertiary/aromatic N) is 2. The van der Waals surface area contributed by atoms with Gasteiger partial charge in [0, 0.05) is 19.0 Å². The van der Waals surface area contributed by atoms with Gasteiger partial charge in [0.25, 0.3) is 0 Å². The molecule has 0 bridgehead atoms. The van der Waals surface area contributed by atoms with Crippen molar-refractivity contribution in [2.75, 3.05) is 13.1 Å². The van der Waals surface area contributed by atoms with Crippen LogP contribution in [0.5, 0.6) is 0 Å². The average Bonchev–Trinajstić information content (AvgIpc) is 2.49. The van der Waals surface area contributed by atoms with Crippen LogP contribution in [-0.4, -0.2) is 23.9 Å². The normalized spacial score (nSPS) is 17.6.